The third-order valence-electron chi connectivity index (χ3n) is 0.135. The fraction of sp³-hybridized carbons (Fsp3) is 0.500. The molecule has 0 aliphatic rings. The number of hydrogen-bond acceptors (Lipinski definition) is 4. The van der Waals surface area contributed by atoms with Gasteiger partial charge in [-0.05, 0) is 0 Å². The van der Waals surface area contributed by atoms with Crippen molar-refractivity contribution in [3.63, 3.8) is 0 Å². The Bertz CT molecular complexity index is 131. The Hall–Kier alpha value is 0.137. The predicted octanol–water partition coefficient (Wildman–Crippen LogP) is -5.49. The summed E-state index contributed by atoms with van der Waals surface area (Å²) in [6.45, 7) is -0.778. The zero-order chi connectivity index (χ0) is 8.78. The summed E-state index contributed by atoms with van der Waals surface area (Å²) in [7, 11) is -4.89. The Labute approximate surface area is 74.1 Å². The van der Waals surface area contributed by atoms with Crippen molar-refractivity contribution in [3.05, 3.63) is 0 Å². The number of hydrogen-bond donors (Lipinski definition) is 4. The van der Waals surface area contributed by atoms with Crippen LogP contribution in [0, 0.1) is 0 Å². The summed E-state index contributed by atoms with van der Waals surface area (Å²) in [5, 5.41) is 15.0. The fourth-order valence-electron chi connectivity index (χ4n) is 0. The van der Waals surface area contributed by atoms with Gasteiger partial charge >= 0.3 is 24.8 Å². The molecule has 0 aromatic carbocycles. The van der Waals surface area contributed by atoms with Gasteiger partial charge in [-0.2, -0.15) is 0 Å². The first-order valence-electron chi connectivity index (χ1n) is 1.86. The first-order chi connectivity index (χ1) is 4.27. The second kappa shape index (κ2) is 8.24. The predicted molar refractivity (Wildman–Crippen MR) is 26.8 cm³/mol. The quantitative estimate of drug-likeness (QED) is 0.233. The van der Waals surface area contributed by atoms with Crippen molar-refractivity contribution >= 4 is 13.8 Å². The van der Waals surface area contributed by atoms with Gasteiger partial charge in [-0.3, -0.25) is 4.57 Å². The van der Waals surface area contributed by atoms with E-state index in [-0.39, 0.29) is 18.9 Å². The number of carboxylic acid groups (broad SMARTS) is 1. The molecule has 0 bridgehead atoms. The summed E-state index contributed by atoms with van der Waals surface area (Å²) in [5.41, 5.74) is 0. The van der Waals surface area contributed by atoms with Crippen LogP contribution in [0.4, 0.5) is 0 Å². The molecule has 0 aromatic rings. The molecule has 4 N–H and O–H groups in total. The molecular weight excluding hydrogens is 174 g/mol. The minimum atomic E-state index is -4.89. The molecule has 9 heteroatoms. The Morgan fingerprint density at radius 2 is 1.55 bits per heavy atom. The Morgan fingerprint density at radius 3 is 1.55 bits per heavy atom. The summed E-state index contributed by atoms with van der Waals surface area (Å²) in [4.78, 5) is 32.0. The maximum absolute atomic E-state index is 9.12. The van der Waals surface area contributed by atoms with Crippen LogP contribution >= 0.6 is 7.82 Å². The summed E-state index contributed by atoms with van der Waals surface area (Å²) in [6.07, 6.45) is 0. The summed E-state index contributed by atoms with van der Waals surface area (Å²) < 4.78 is 8.77. The van der Waals surface area contributed by atoms with Crippen molar-refractivity contribution in [2.75, 3.05) is 6.61 Å². The first kappa shape index (κ1) is 17.3. The van der Waals surface area contributed by atoms with E-state index in [0.29, 0.717) is 0 Å². The van der Waals surface area contributed by atoms with Gasteiger partial charge in [-0.15, -0.1) is 0 Å². The maximum atomic E-state index is 9.12. The molecule has 0 saturated heterocycles. The largest absolute Gasteiger partial charge is 1.00 e. The molecule has 0 aliphatic carbocycles. The van der Waals surface area contributed by atoms with Gasteiger partial charge in [0.2, 0.25) is 0 Å². The molecule has 0 aromatic heterocycles. The number of aliphatic carboxylic acids is 1. The van der Waals surface area contributed by atoms with Crippen LogP contribution in [0.1, 0.15) is 0 Å². The van der Waals surface area contributed by atoms with Gasteiger partial charge in [0.05, 0.1) is 0 Å². The van der Waals surface area contributed by atoms with Crippen molar-refractivity contribution in [3.8, 4) is 0 Å². The van der Waals surface area contributed by atoms with Crippen LogP contribution in [0.3, 0.4) is 0 Å². The average Bonchev–Trinajstić information content (AvgIpc) is 1.61. The molecule has 0 amide bonds. The Kier molecular flexibility index (Phi) is 12.9. The van der Waals surface area contributed by atoms with E-state index in [4.69, 9.17) is 34.3 Å². The maximum Gasteiger partial charge on any atom is 1.00 e. The monoisotopic (exact) mass is 180 g/mol. The number of carboxylic acids is 1. The topological polar surface area (TPSA) is 138 Å². The summed E-state index contributed by atoms with van der Waals surface area (Å²) >= 11 is 0. The van der Waals surface area contributed by atoms with Gasteiger partial charge in [-0.25, -0.2) is 4.79 Å². The normalized spacial score (nSPS) is 8.73. The zero-order valence-electron chi connectivity index (χ0n) is 5.67. The first-order valence-corrected chi connectivity index (χ1v) is 3.39. The van der Waals surface area contributed by atoms with Crippen LogP contribution in [-0.4, -0.2) is 32.6 Å². The number of aliphatic hydroxyl groups excluding tert-OH is 1. The van der Waals surface area contributed by atoms with E-state index < -0.39 is 20.4 Å². The molecule has 11 heavy (non-hydrogen) atoms. The van der Waals surface area contributed by atoms with Gasteiger partial charge in [-0.1, -0.05) is 0 Å². The van der Waals surface area contributed by atoms with E-state index >= 15 is 0 Å². The van der Waals surface area contributed by atoms with Crippen LogP contribution in [0.15, 0.2) is 0 Å². The van der Waals surface area contributed by atoms with E-state index in [9.17, 15) is 0 Å². The van der Waals surface area contributed by atoms with Crippen molar-refractivity contribution < 1.29 is 53.1 Å². The minimum absolute atomic E-state index is 0. The standard InChI is InChI=1S/C2H4O3.Li.H3O4P/c3-1-2(4)5;;1-5(2,3)4/h3H,1H2,(H,4,5);;(H3,1,2,3,4)/q;+1;/p-1. The second-order valence-corrected chi connectivity index (χ2v) is 2.02. The molecule has 0 spiro atoms. The minimum Gasteiger partial charge on any atom is -0.756 e. The SMILES string of the molecule is O=C(O)CO.O=P([O-])(O)O.[Li+]. The molecular formula is C2H6LiO7P. The van der Waals surface area contributed by atoms with Gasteiger partial charge in [0.15, 0.2) is 0 Å². The second-order valence-electron chi connectivity index (χ2n) is 1.04. The van der Waals surface area contributed by atoms with Crippen LogP contribution < -0.4 is 23.8 Å². The number of phosphoric acid groups is 1. The molecule has 0 unspecified atom stereocenters. The smallest absolute Gasteiger partial charge is 0.756 e. The van der Waals surface area contributed by atoms with Gasteiger partial charge in [0.1, 0.15) is 6.61 Å². The van der Waals surface area contributed by atoms with Crippen LogP contribution in [-0.2, 0) is 9.36 Å². The third kappa shape index (κ3) is 147. The van der Waals surface area contributed by atoms with E-state index in [2.05, 4.69) is 0 Å². The summed E-state index contributed by atoms with van der Waals surface area (Å²) in [6, 6.07) is 0. The van der Waals surface area contributed by atoms with E-state index in [1.807, 2.05) is 0 Å². The molecule has 0 fully saturated rings. The number of carbonyl (C=O) groups is 1. The molecule has 7 nitrogen and oxygen atoms in total. The number of rotatable bonds is 1. The van der Waals surface area contributed by atoms with Crippen molar-refractivity contribution in [1.82, 2.24) is 0 Å². The van der Waals surface area contributed by atoms with Gasteiger partial charge in [0.25, 0.3) is 7.82 Å². The van der Waals surface area contributed by atoms with E-state index in [1.54, 1.807) is 0 Å². The van der Waals surface area contributed by atoms with Crippen LogP contribution in [0.5, 0.6) is 0 Å². The average molecular weight is 180 g/mol. The third-order valence-corrected chi connectivity index (χ3v) is 0.135. The molecule has 0 heterocycles. The van der Waals surface area contributed by atoms with Gasteiger partial charge < -0.3 is 24.9 Å². The zero-order valence-corrected chi connectivity index (χ0v) is 6.56. The Morgan fingerprint density at radius 1 is 1.45 bits per heavy atom. The van der Waals surface area contributed by atoms with E-state index in [0.717, 1.165) is 0 Å². The van der Waals surface area contributed by atoms with Crippen molar-refractivity contribution in [2.24, 2.45) is 0 Å². The molecule has 0 radical (unpaired) electrons. The van der Waals surface area contributed by atoms with Crippen LogP contribution in [0.2, 0.25) is 0 Å². The molecule has 62 valence electrons. The van der Waals surface area contributed by atoms with E-state index in [1.165, 1.54) is 0 Å². The van der Waals surface area contributed by atoms with Crippen molar-refractivity contribution in [1.29, 1.82) is 0 Å². The molecule has 0 aliphatic heterocycles. The Balaban J connectivity index is -0.000000107. The number of aliphatic hydroxyl groups is 1. The molecule has 0 rings (SSSR count). The molecule has 0 saturated carbocycles. The fourth-order valence-corrected chi connectivity index (χ4v) is 0. The van der Waals surface area contributed by atoms with Crippen molar-refractivity contribution in [2.45, 2.75) is 0 Å². The van der Waals surface area contributed by atoms with Gasteiger partial charge in [0, 0.05) is 0 Å². The summed E-state index contributed by atoms with van der Waals surface area (Å²) in [5.74, 6) is -1.19. The molecule has 0 atom stereocenters. The van der Waals surface area contributed by atoms with Crippen LogP contribution in [0.25, 0.3) is 0 Å².